The molecular formula is C15H16N2O2S. The van der Waals surface area contributed by atoms with Gasteiger partial charge in [-0.2, -0.15) is 0 Å². The van der Waals surface area contributed by atoms with Crippen molar-refractivity contribution in [3.05, 3.63) is 35.8 Å². The zero-order valence-electron chi connectivity index (χ0n) is 11.0. The molecule has 1 fully saturated rings. The van der Waals surface area contributed by atoms with Gasteiger partial charge in [0.1, 0.15) is 5.01 Å². The van der Waals surface area contributed by atoms with E-state index in [0.717, 1.165) is 35.5 Å². The van der Waals surface area contributed by atoms with Crippen LogP contribution >= 0.6 is 11.3 Å². The third kappa shape index (κ3) is 2.73. The molecule has 2 unspecified atom stereocenters. The van der Waals surface area contributed by atoms with Gasteiger partial charge in [-0.3, -0.25) is 4.79 Å². The van der Waals surface area contributed by atoms with E-state index in [1.165, 1.54) is 0 Å². The lowest BCUT2D eigenvalue weighted by Gasteiger charge is -2.14. The van der Waals surface area contributed by atoms with Gasteiger partial charge in [-0.25, -0.2) is 4.98 Å². The van der Waals surface area contributed by atoms with Crippen LogP contribution in [0.3, 0.4) is 0 Å². The second-order valence-corrected chi connectivity index (χ2v) is 5.90. The Morgan fingerprint density at radius 1 is 1.30 bits per heavy atom. The first-order valence-corrected chi connectivity index (χ1v) is 7.61. The van der Waals surface area contributed by atoms with E-state index in [1.54, 1.807) is 17.5 Å². The van der Waals surface area contributed by atoms with Crippen molar-refractivity contribution in [2.75, 3.05) is 5.32 Å². The van der Waals surface area contributed by atoms with Crippen LogP contribution in [0.4, 0.5) is 5.69 Å². The van der Waals surface area contributed by atoms with E-state index in [2.05, 4.69) is 10.3 Å². The Labute approximate surface area is 121 Å². The first-order valence-electron chi connectivity index (χ1n) is 6.73. The van der Waals surface area contributed by atoms with Crippen molar-refractivity contribution in [2.24, 2.45) is 5.92 Å². The van der Waals surface area contributed by atoms with Gasteiger partial charge in [-0.05, 0) is 43.5 Å². The SMILES string of the molecule is O=C(Nc1ccc(-c2nccs2)cc1)C1CCCC1O. The minimum Gasteiger partial charge on any atom is -0.392 e. The minimum absolute atomic E-state index is 0.0861. The molecule has 2 N–H and O–H groups in total. The maximum Gasteiger partial charge on any atom is 0.230 e. The monoisotopic (exact) mass is 288 g/mol. The summed E-state index contributed by atoms with van der Waals surface area (Å²) >= 11 is 1.58. The van der Waals surface area contributed by atoms with Gasteiger partial charge in [0, 0.05) is 22.8 Å². The summed E-state index contributed by atoms with van der Waals surface area (Å²) in [7, 11) is 0. The molecular weight excluding hydrogens is 272 g/mol. The Morgan fingerprint density at radius 2 is 2.10 bits per heavy atom. The number of nitrogens with one attached hydrogen (secondary N) is 1. The van der Waals surface area contributed by atoms with Gasteiger partial charge in [0.15, 0.2) is 0 Å². The molecule has 0 saturated heterocycles. The molecule has 1 heterocycles. The van der Waals surface area contributed by atoms with Gasteiger partial charge in [0.25, 0.3) is 0 Å². The number of amides is 1. The van der Waals surface area contributed by atoms with E-state index < -0.39 is 6.10 Å². The third-order valence-electron chi connectivity index (χ3n) is 3.65. The minimum atomic E-state index is -0.496. The molecule has 4 nitrogen and oxygen atoms in total. The third-order valence-corrected chi connectivity index (χ3v) is 4.47. The lowest BCUT2D eigenvalue weighted by molar-refractivity contribution is -0.122. The van der Waals surface area contributed by atoms with Crippen molar-refractivity contribution in [3.8, 4) is 10.6 Å². The summed E-state index contributed by atoms with van der Waals surface area (Å²) in [4.78, 5) is 16.3. The normalized spacial score (nSPS) is 21.9. The summed E-state index contributed by atoms with van der Waals surface area (Å²) in [6, 6.07) is 7.63. The van der Waals surface area contributed by atoms with E-state index >= 15 is 0 Å². The van der Waals surface area contributed by atoms with E-state index in [9.17, 15) is 9.90 Å². The topological polar surface area (TPSA) is 62.2 Å². The fourth-order valence-electron chi connectivity index (χ4n) is 2.54. The number of nitrogens with zero attached hydrogens (tertiary/aromatic N) is 1. The summed E-state index contributed by atoms with van der Waals surface area (Å²) in [6.45, 7) is 0. The van der Waals surface area contributed by atoms with Gasteiger partial charge in [-0.1, -0.05) is 0 Å². The second-order valence-electron chi connectivity index (χ2n) is 5.01. The number of benzene rings is 1. The Kier molecular flexibility index (Phi) is 3.80. The number of hydrogen-bond acceptors (Lipinski definition) is 4. The van der Waals surface area contributed by atoms with Crippen molar-refractivity contribution in [3.63, 3.8) is 0 Å². The summed E-state index contributed by atoms with van der Waals surface area (Å²) < 4.78 is 0. The van der Waals surface area contributed by atoms with Gasteiger partial charge in [0.2, 0.25) is 5.91 Å². The quantitative estimate of drug-likeness (QED) is 0.913. The molecule has 3 rings (SSSR count). The molecule has 0 spiro atoms. The molecule has 0 aliphatic heterocycles. The number of rotatable bonds is 3. The van der Waals surface area contributed by atoms with Crippen molar-refractivity contribution in [1.82, 2.24) is 4.98 Å². The molecule has 1 aromatic carbocycles. The smallest absolute Gasteiger partial charge is 0.230 e. The number of aliphatic hydroxyl groups excluding tert-OH is 1. The van der Waals surface area contributed by atoms with Crippen LogP contribution in [0.5, 0.6) is 0 Å². The zero-order valence-corrected chi connectivity index (χ0v) is 11.8. The van der Waals surface area contributed by atoms with Crippen LogP contribution in [0.25, 0.3) is 10.6 Å². The Morgan fingerprint density at radius 3 is 2.70 bits per heavy atom. The van der Waals surface area contributed by atoms with Crippen LogP contribution in [0.15, 0.2) is 35.8 Å². The standard InChI is InChI=1S/C15H16N2O2S/c18-13-3-1-2-12(13)14(19)17-11-6-4-10(5-7-11)15-16-8-9-20-15/h4-9,12-13,18H,1-3H2,(H,17,19). The van der Waals surface area contributed by atoms with E-state index in [0.29, 0.717) is 0 Å². The molecule has 2 aromatic rings. The molecule has 0 bridgehead atoms. The number of hydrogen-bond donors (Lipinski definition) is 2. The highest BCUT2D eigenvalue weighted by molar-refractivity contribution is 7.13. The highest BCUT2D eigenvalue weighted by atomic mass is 32.1. The van der Waals surface area contributed by atoms with Crippen LogP contribution in [-0.4, -0.2) is 22.1 Å². The van der Waals surface area contributed by atoms with Crippen molar-refractivity contribution in [1.29, 1.82) is 0 Å². The van der Waals surface area contributed by atoms with Crippen LogP contribution < -0.4 is 5.32 Å². The van der Waals surface area contributed by atoms with Crippen LogP contribution in [0.1, 0.15) is 19.3 Å². The lowest BCUT2D eigenvalue weighted by atomic mass is 10.1. The number of anilines is 1. The first-order chi connectivity index (χ1) is 9.74. The summed E-state index contributed by atoms with van der Waals surface area (Å²) in [5, 5.41) is 15.5. The predicted molar refractivity (Wildman–Crippen MR) is 79.5 cm³/mol. The van der Waals surface area contributed by atoms with Crippen molar-refractivity contribution in [2.45, 2.75) is 25.4 Å². The number of aliphatic hydroxyl groups is 1. The molecule has 1 aliphatic rings. The van der Waals surface area contributed by atoms with Crippen LogP contribution in [0, 0.1) is 5.92 Å². The second kappa shape index (κ2) is 5.73. The maximum atomic E-state index is 12.1. The van der Waals surface area contributed by atoms with Gasteiger partial charge >= 0.3 is 0 Å². The zero-order chi connectivity index (χ0) is 13.9. The van der Waals surface area contributed by atoms with Crippen LogP contribution in [-0.2, 0) is 4.79 Å². The molecule has 1 aliphatic carbocycles. The highest BCUT2D eigenvalue weighted by Gasteiger charge is 2.31. The van der Waals surface area contributed by atoms with E-state index in [1.807, 2.05) is 29.6 Å². The molecule has 1 saturated carbocycles. The number of carbonyl (C=O) groups excluding carboxylic acids is 1. The largest absolute Gasteiger partial charge is 0.392 e. The molecule has 104 valence electrons. The lowest BCUT2D eigenvalue weighted by Crippen LogP contribution is -2.28. The van der Waals surface area contributed by atoms with Crippen LogP contribution in [0.2, 0.25) is 0 Å². The summed E-state index contributed by atoms with van der Waals surface area (Å²) in [5.41, 5.74) is 1.80. The molecule has 0 radical (unpaired) electrons. The molecule has 1 amide bonds. The van der Waals surface area contributed by atoms with E-state index in [4.69, 9.17) is 0 Å². The fraction of sp³-hybridized carbons (Fsp3) is 0.333. The number of carbonyl (C=O) groups is 1. The Balaban J connectivity index is 1.68. The fourth-order valence-corrected chi connectivity index (χ4v) is 3.19. The van der Waals surface area contributed by atoms with Gasteiger partial charge in [0.05, 0.1) is 12.0 Å². The van der Waals surface area contributed by atoms with Crippen molar-refractivity contribution < 1.29 is 9.90 Å². The number of thiazole rings is 1. The summed E-state index contributed by atoms with van der Waals surface area (Å²) in [6.07, 6.45) is 3.69. The average molecular weight is 288 g/mol. The van der Waals surface area contributed by atoms with Gasteiger partial charge < -0.3 is 10.4 Å². The molecule has 20 heavy (non-hydrogen) atoms. The highest BCUT2D eigenvalue weighted by Crippen LogP contribution is 2.27. The molecule has 2 atom stereocenters. The Hall–Kier alpha value is -1.72. The molecule has 5 heteroatoms. The average Bonchev–Trinajstić information content (AvgIpc) is 3.10. The Bertz CT molecular complexity index is 580. The summed E-state index contributed by atoms with van der Waals surface area (Å²) in [5.74, 6) is -0.356. The van der Waals surface area contributed by atoms with E-state index in [-0.39, 0.29) is 11.8 Å². The predicted octanol–water partition coefficient (Wildman–Crippen LogP) is 2.91. The first kappa shape index (κ1) is 13.3. The van der Waals surface area contributed by atoms with Gasteiger partial charge in [-0.15, -0.1) is 11.3 Å². The molecule has 1 aromatic heterocycles. The maximum absolute atomic E-state index is 12.1. The number of aromatic nitrogens is 1. The van der Waals surface area contributed by atoms with Crippen molar-refractivity contribution >= 4 is 22.9 Å².